The summed E-state index contributed by atoms with van der Waals surface area (Å²) in [7, 11) is 0. The number of nitrogen functional groups attached to an aromatic ring is 1. The lowest BCUT2D eigenvalue weighted by molar-refractivity contribution is 0.232. The highest BCUT2D eigenvalue weighted by Gasteiger charge is 2.51. The summed E-state index contributed by atoms with van der Waals surface area (Å²) in [5, 5.41) is 18.4. The molecule has 0 amide bonds. The standard InChI is InChI=1S/C10H13N5O2/c11-10-12-1-7-9(14-10)15(4-13-7)8-5(2-16)6(8)3-17/h1,4-6,8,16-17H,2-3H2,(H2,11,12,14). The molecular weight excluding hydrogens is 222 g/mol. The molecule has 2 unspecified atom stereocenters. The number of nitrogens with two attached hydrogens (primary N) is 1. The zero-order valence-corrected chi connectivity index (χ0v) is 9.06. The van der Waals surface area contributed by atoms with Gasteiger partial charge in [-0.15, -0.1) is 0 Å². The van der Waals surface area contributed by atoms with Gasteiger partial charge in [0.2, 0.25) is 5.95 Å². The van der Waals surface area contributed by atoms with Gasteiger partial charge >= 0.3 is 0 Å². The van der Waals surface area contributed by atoms with Gasteiger partial charge in [0.05, 0.1) is 12.5 Å². The molecule has 1 fully saturated rings. The van der Waals surface area contributed by atoms with Crippen molar-refractivity contribution in [3.05, 3.63) is 12.5 Å². The van der Waals surface area contributed by atoms with Crippen molar-refractivity contribution in [3.63, 3.8) is 0 Å². The predicted molar refractivity (Wildman–Crippen MR) is 59.9 cm³/mol. The van der Waals surface area contributed by atoms with Crippen LogP contribution in [-0.4, -0.2) is 42.9 Å². The molecule has 2 aromatic rings. The molecule has 90 valence electrons. The smallest absolute Gasteiger partial charge is 0.222 e. The van der Waals surface area contributed by atoms with Crippen LogP contribution in [-0.2, 0) is 0 Å². The zero-order chi connectivity index (χ0) is 12.0. The lowest BCUT2D eigenvalue weighted by atomic mass is 10.3. The Kier molecular flexibility index (Phi) is 2.23. The van der Waals surface area contributed by atoms with Gasteiger partial charge in [0.15, 0.2) is 5.65 Å². The number of fused-ring (bicyclic) bond motifs is 1. The normalized spacial score (nSPS) is 27.5. The van der Waals surface area contributed by atoms with Gasteiger partial charge in [-0.1, -0.05) is 0 Å². The van der Waals surface area contributed by atoms with Gasteiger partial charge in [0.25, 0.3) is 0 Å². The Bertz CT molecular complexity index is 545. The zero-order valence-electron chi connectivity index (χ0n) is 9.06. The van der Waals surface area contributed by atoms with E-state index in [2.05, 4.69) is 15.0 Å². The van der Waals surface area contributed by atoms with Crippen LogP contribution in [0.2, 0.25) is 0 Å². The molecule has 17 heavy (non-hydrogen) atoms. The second-order valence-corrected chi connectivity index (χ2v) is 4.27. The third-order valence-corrected chi connectivity index (χ3v) is 3.36. The Hall–Kier alpha value is -1.73. The number of aromatic nitrogens is 4. The number of hydrogen-bond donors (Lipinski definition) is 3. The summed E-state index contributed by atoms with van der Waals surface area (Å²) in [6.07, 6.45) is 3.22. The number of anilines is 1. The Morgan fingerprint density at radius 2 is 1.94 bits per heavy atom. The first-order valence-corrected chi connectivity index (χ1v) is 5.43. The van der Waals surface area contributed by atoms with Gasteiger partial charge < -0.3 is 20.5 Å². The second-order valence-electron chi connectivity index (χ2n) is 4.27. The van der Waals surface area contributed by atoms with Crippen molar-refractivity contribution in [1.82, 2.24) is 19.5 Å². The molecule has 2 heterocycles. The Labute approximate surface area is 96.9 Å². The van der Waals surface area contributed by atoms with Crippen molar-refractivity contribution in [2.75, 3.05) is 18.9 Å². The topological polar surface area (TPSA) is 110 Å². The average Bonchev–Trinajstić information content (AvgIpc) is 2.91. The SMILES string of the molecule is Nc1ncc2ncn(C3C(CO)C3CO)c2n1. The first-order chi connectivity index (χ1) is 8.26. The highest BCUT2D eigenvalue weighted by molar-refractivity contribution is 5.71. The minimum atomic E-state index is 0.0456. The Balaban J connectivity index is 2.04. The lowest BCUT2D eigenvalue weighted by Gasteiger charge is -2.02. The van der Waals surface area contributed by atoms with E-state index in [-0.39, 0.29) is 37.0 Å². The van der Waals surface area contributed by atoms with Crippen molar-refractivity contribution in [2.24, 2.45) is 11.8 Å². The Morgan fingerprint density at radius 1 is 1.24 bits per heavy atom. The molecule has 1 aliphatic carbocycles. The first-order valence-electron chi connectivity index (χ1n) is 5.43. The van der Waals surface area contributed by atoms with E-state index in [4.69, 9.17) is 5.73 Å². The van der Waals surface area contributed by atoms with Crippen LogP contribution in [0.4, 0.5) is 5.95 Å². The maximum atomic E-state index is 9.20. The minimum absolute atomic E-state index is 0.0456. The largest absolute Gasteiger partial charge is 0.396 e. The lowest BCUT2D eigenvalue weighted by Crippen LogP contribution is -2.01. The highest BCUT2D eigenvalue weighted by atomic mass is 16.3. The fourth-order valence-corrected chi connectivity index (χ4v) is 2.38. The van der Waals surface area contributed by atoms with Gasteiger partial charge in [-0.05, 0) is 0 Å². The molecular formula is C10H13N5O2. The Morgan fingerprint density at radius 3 is 2.59 bits per heavy atom. The number of aliphatic hydroxyl groups excluding tert-OH is 2. The third-order valence-electron chi connectivity index (χ3n) is 3.36. The summed E-state index contributed by atoms with van der Waals surface area (Å²) in [5.41, 5.74) is 6.86. The summed E-state index contributed by atoms with van der Waals surface area (Å²) >= 11 is 0. The minimum Gasteiger partial charge on any atom is -0.396 e. The maximum Gasteiger partial charge on any atom is 0.222 e. The van der Waals surface area contributed by atoms with E-state index in [9.17, 15) is 10.2 Å². The van der Waals surface area contributed by atoms with E-state index in [1.54, 1.807) is 12.5 Å². The molecule has 0 bridgehead atoms. The molecule has 2 aromatic heterocycles. The van der Waals surface area contributed by atoms with Gasteiger partial charge in [0, 0.05) is 31.1 Å². The van der Waals surface area contributed by atoms with Crippen LogP contribution in [0, 0.1) is 11.8 Å². The molecule has 0 aliphatic heterocycles. The van der Waals surface area contributed by atoms with E-state index in [0.717, 1.165) is 0 Å². The number of hydrogen-bond acceptors (Lipinski definition) is 6. The van der Waals surface area contributed by atoms with Crippen molar-refractivity contribution < 1.29 is 10.2 Å². The van der Waals surface area contributed by atoms with Crippen molar-refractivity contribution in [1.29, 1.82) is 0 Å². The summed E-state index contributed by atoms with van der Waals surface area (Å²) in [6, 6.07) is 0.0456. The quantitative estimate of drug-likeness (QED) is 0.641. The van der Waals surface area contributed by atoms with Gasteiger partial charge in [-0.25, -0.2) is 9.97 Å². The molecule has 1 aliphatic rings. The molecule has 4 N–H and O–H groups in total. The van der Waals surface area contributed by atoms with E-state index in [1.165, 1.54) is 0 Å². The molecule has 7 heteroatoms. The summed E-state index contributed by atoms with van der Waals surface area (Å²) in [6.45, 7) is 0.103. The van der Waals surface area contributed by atoms with Crippen LogP contribution < -0.4 is 5.73 Å². The first kappa shape index (κ1) is 10.4. The monoisotopic (exact) mass is 235 g/mol. The van der Waals surface area contributed by atoms with Crippen LogP contribution in [0.3, 0.4) is 0 Å². The van der Waals surface area contributed by atoms with Gasteiger partial charge in [-0.2, -0.15) is 4.98 Å². The number of aliphatic hydroxyl groups is 2. The van der Waals surface area contributed by atoms with Crippen molar-refractivity contribution in [2.45, 2.75) is 6.04 Å². The third kappa shape index (κ3) is 1.47. The number of rotatable bonds is 3. The van der Waals surface area contributed by atoms with Gasteiger partial charge in [-0.3, -0.25) is 0 Å². The molecule has 3 rings (SSSR count). The van der Waals surface area contributed by atoms with E-state index in [0.29, 0.717) is 11.2 Å². The van der Waals surface area contributed by atoms with Crippen LogP contribution in [0.5, 0.6) is 0 Å². The molecule has 1 saturated carbocycles. The van der Waals surface area contributed by atoms with Crippen LogP contribution in [0.1, 0.15) is 6.04 Å². The molecule has 0 aromatic carbocycles. The number of imidazole rings is 1. The summed E-state index contributed by atoms with van der Waals surface area (Å²) in [4.78, 5) is 12.2. The van der Waals surface area contributed by atoms with E-state index in [1.807, 2.05) is 4.57 Å². The van der Waals surface area contributed by atoms with Gasteiger partial charge in [0.1, 0.15) is 5.52 Å². The van der Waals surface area contributed by atoms with E-state index >= 15 is 0 Å². The highest BCUT2D eigenvalue weighted by Crippen LogP contribution is 2.50. The fraction of sp³-hybridized carbons (Fsp3) is 0.500. The maximum absolute atomic E-state index is 9.20. The molecule has 0 saturated heterocycles. The van der Waals surface area contributed by atoms with Crippen molar-refractivity contribution >= 4 is 17.1 Å². The van der Waals surface area contributed by atoms with Crippen LogP contribution in [0.15, 0.2) is 12.5 Å². The van der Waals surface area contributed by atoms with Crippen molar-refractivity contribution in [3.8, 4) is 0 Å². The fourth-order valence-electron chi connectivity index (χ4n) is 2.38. The number of nitrogens with zero attached hydrogens (tertiary/aromatic N) is 4. The van der Waals surface area contributed by atoms with E-state index < -0.39 is 0 Å². The molecule has 0 radical (unpaired) electrons. The summed E-state index contributed by atoms with van der Waals surface area (Å²) in [5.74, 6) is 0.322. The summed E-state index contributed by atoms with van der Waals surface area (Å²) < 4.78 is 1.86. The molecule has 2 atom stereocenters. The molecule has 0 spiro atoms. The predicted octanol–water partition coefficient (Wildman–Crippen LogP) is -0.820. The average molecular weight is 235 g/mol. The molecule has 7 nitrogen and oxygen atoms in total. The van der Waals surface area contributed by atoms with Crippen LogP contribution >= 0.6 is 0 Å². The van der Waals surface area contributed by atoms with Crippen LogP contribution in [0.25, 0.3) is 11.2 Å². The second kappa shape index (κ2) is 3.64.